The summed E-state index contributed by atoms with van der Waals surface area (Å²) in [5.41, 5.74) is 14.3. The van der Waals surface area contributed by atoms with Crippen molar-refractivity contribution in [2.24, 2.45) is 5.73 Å². The molecule has 0 radical (unpaired) electrons. The van der Waals surface area contributed by atoms with E-state index < -0.39 is 126 Å². The number of H-pyrrole nitrogens is 5. The van der Waals surface area contributed by atoms with Crippen molar-refractivity contribution in [1.82, 2.24) is 96.4 Å². The minimum Gasteiger partial charge on any atom is -0.388 e. The Morgan fingerprint density at radius 3 is 0.855 bits per heavy atom. The number of halogens is 5. The number of aromatic nitrogens is 10. The molecular weight excluding hydrogens is 1970 g/mol. The average Bonchev–Trinajstić information content (AvgIpc) is 1.69. The lowest BCUT2D eigenvalue weighted by Crippen LogP contribution is -2.52. The van der Waals surface area contributed by atoms with Crippen molar-refractivity contribution in [3.8, 4) is 0 Å². The second-order valence-electron chi connectivity index (χ2n) is 34.8. The average molecular weight is 2070 g/mol. The first-order valence-electron chi connectivity index (χ1n) is 46.2. The number of nitrogens with one attached hydrogen (secondary N) is 11. The highest BCUT2D eigenvalue weighted by molar-refractivity contribution is 6.31. The summed E-state index contributed by atoms with van der Waals surface area (Å²) < 4.78 is 0. The van der Waals surface area contributed by atoms with Gasteiger partial charge >= 0.3 is 0 Å². The van der Waals surface area contributed by atoms with Crippen LogP contribution < -0.4 is 37.6 Å². The lowest BCUT2D eigenvalue weighted by atomic mass is 10.00. The molecule has 0 saturated carbocycles. The van der Waals surface area contributed by atoms with Crippen molar-refractivity contribution in [2.75, 3.05) is 46.8 Å². The van der Waals surface area contributed by atoms with Gasteiger partial charge in [0.1, 0.15) is 54.2 Å². The molecule has 756 valence electrons. The molecule has 10 amide bonds. The van der Waals surface area contributed by atoms with Crippen molar-refractivity contribution < 1.29 is 83.7 Å². The van der Waals surface area contributed by atoms with Crippen molar-refractivity contribution in [1.29, 1.82) is 0 Å². The van der Waals surface area contributed by atoms with E-state index in [9.17, 15) is 83.7 Å². The van der Waals surface area contributed by atoms with Gasteiger partial charge in [-0.05, 0) is 140 Å². The summed E-state index contributed by atoms with van der Waals surface area (Å²) in [5.74, 6) is -5.16. The lowest BCUT2D eigenvalue weighted by molar-refractivity contribution is -0.141. The van der Waals surface area contributed by atoms with Gasteiger partial charge < -0.3 is 113 Å². The maximum absolute atomic E-state index is 12.9. The molecule has 0 unspecified atom stereocenters. The Morgan fingerprint density at radius 1 is 0.366 bits per heavy atom. The summed E-state index contributed by atoms with van der Waals surface area (Å²) in [6.07, 6.45) is 2.38. The van der Waals surface area contributed by atoms with Gasteiger partial charge in [-0.15, -0.1) is 0 Å². The van der Waals surface area contributed by atoms with Gasteiger partial charge in [-0.2, -0.15) is 0 Å². The Kier molecular flexibility index (Phi) is 37.9. The minimum atomic E-state index is -1.57. The number of likely N-dealkylation sites (tertiary alicyclic amines) is 2. The lowest BCUT2D eigenvalue weighted by Gasteiger charge is -2.27. The maximum atomic E-state index is 12.9. The molecule has 145 heavy (non-hydrogen) atoms. The number of aliphatic hydroxyl groups is 7. The van der Waals surface area contributed by atoms with Crippen molar-refractivity contribution in [3.63, 3.8) is 0 Å². The normalized spacial score (nSPS) is 15.3. The van der Waals surface area contributed by atoms with Crippen LogP contribution >= 0.6 is 58.0 Å². The molecule has 37 nitrogen and oxygen atoms in total. The van der Waals surface area contributed by atoms with Gasteiger partial charge in [-0.25, -0.2) is 24.9 Å². The standard InChI is InChI=1S/C22H23ClN4O5.C22H23ClN4O3.C21H23ClN4O3.C20H21ClN4O3.C18H17ClN4O3/c23-19-8-13-7-15(25-16(13)9-24-19)21(31)26-14(6-12-4-2-1-3-5-12)20(30)22(32)27-10-17(28)18(29)11-27;23-19-12-15-11-17(25-18(15)13-24-19)21(29)26-16(10-14-6-2-1-3-7-14)20(28)22(30)27-8-4-5-9-27;1-2-8-23-21(29)19(27)15(9-13-6-4-3-5-7-13)26-20(28)16-10-14-11-18(22)24-12-17(14)25-16;1-25(2)20(28)18(26)14(8-12-6-4-3-5-7-12)24-19(27)15-9-13-10-17(21)22-11-16(13)23-15;19-15-8-11-7-13(22-14(11)9-21-15)18(26)23-12(16(24)17(20)25)6-10-4-2-1-3-5-10/h1-5,7-9,14,17-18,20,25,28-30H,6,10-11H2,(H,26,31);1-3,6-7,11-13,16,20,25,28H,4-5,8-10H2,(H,26,29);3-7,10-12,15,19,25,27H,2,8-9H2,1H3,(H,23,29)(H,26,28);3-7,9-11,14,18,23,26H,8H2,1-2H3,(H,24,27);1-5,7-9,12,16,22,24H,6H2,(H2,20,25)(H,23,26)/t14-,17-,18+,20-;16-,20-;15-,19+;14-,18-;12-,16+/m00000/s1. The van der Waals surface area contributed by atoms with E-state index in [1.165, 1.54) is 22.2 Å². The molecule has 0 bridgehead atoms. The molecule has 5 aromatic carbocycles. The molecule has 17 rings (SSSR count). The van der Waals surface area contributed by atoms with Crippen molar-refractivity contribution in [3.05, 3.63) is 325 Å². The molecule has 0 spiro atoms. The van der Waals surface area contributed by atoms with Crippen LogP contribution in [0.25, 0.3) is 54.5 Å². The quantitative estimate of drug-likeness (QED) is 0.0175. The number of hydrogen-bond acceptors (Lipinski definition) is 22. The van der Waals surface area contributed by atoms with Crippen molar-refractivity contribution >= 4 is 172 Å². The number of β-amino-alcohol motifs (C(OH)–C–C–N with tert-alkyl or cyclic N) is 2. The SMILES string of the molecule is CCCNC(=O)[C@H](O)[C@H](Cc1ccccc1)NC(=O)c1cc2cc(Cl)ncc2[nH]1.CN(C)C(=O)[C@@H](O)[C@H](Cc1ccccc1)NC(=O)c1cc2cc(Cl)ncc2[nH]1.NC(=O)[C@H](O)[C@H](Cc1ccccc1)NC(=O)c1cc2cc(Cl)ncc2[nH]1.O=C(N[C@@H](Cc1ccccc1)[C@H](O)C(=O)N1CCCC1)c1cc2cc(Cl)ncc2[nH]1.O=C(N[C@@H](Cc1ccccc1)[C@H](O)C(=O)N1C[C@@H](O)[C@@H](O)C1)c1cc2cc(Cl)ncc2[nH]1. The van der Waals surface area contributed by atoms with Crippen LogP contribution in [0.5, 0.6) is 0 Å². The fourth-order valence-corrected chi connectivity index (χ4v) is 17.0. The number of benzene rings is 5. The highest BCUT2D eigenvalue weighted by Crippen LogP contribution is 2.27. The minimum absolute atomic E-state index is 0.0845. The number of aromatic amines is 5. The van der Waals surface area contributed by atoms with Crippen LogP contribution in [0, 0.1) is 0 Å². The summed E-state index contributed by atoms with van der Waals surface area (Å²) >= 11 is 29.5. The maximum Gasteiger partial charge on any atom is 0.268 e. The molecule has 2 fully saturated rings. The van der Waals surface area contributed by atoms with E-state index in [4.69, 9.17) is 63.7 Å². The highest BCUT2D eigenvalue weighted by atomic mass is 35.5. The van der Waals surface area contributed by atoms with Gasteiger partial charge in [-0.1, -0.05) is 217 Å². The molecule has 42 heteroatoms. The van der Waals surface area contributed by atoms with Crippen LogP contribution in [0.15, 0.2) is 243 Å². The molecule has 0 aliphatic carbocycles. The third kappa shape index (κ3) is 29.8. The zero-order valence-corrected chi connectivity index (χ0v) is 82.3. The van der Waals surface area contributed by atoms with Crippen LogP contribution in [-0.4, -0.2) is 279 Å². The van der Waals surface area contributed by atoms with Gasteiger partial charge in [0.15, 0.2) is 30.5 Å². The second kappa shape index (κ2) is 51.1. The summed E-state index contributed by atoms with van der Waals surface area (Å²) in [6.45, 7) is 3.48. The summed E-state index contributed by atoms with van der Waals surface area (Å²) in [7, 11) is 3.11. The first-order valence-corrected chi connectivity index (χ1v) is 48.1. The second-order valence-corrected chi connectivity index (χ2v) is 36.7. The number of carbonyl (C=O) groups is 10. The first kappa shape index (κ1) is 108. The van der Waals surface area contributed by atoms with E-state index in [0.29, 0.717) is 115 Å². The number of aliphatic hydroxyl groups excluding tert-OH is 7. The molecule has 12 atom stereocenters. The third-order valence-corrected chi connectivity index (χ3v) is 24.9. The number of nitrogens with zero attached hydrogens (tertiary/aromatic N) is 8. The van der Waals surface area contributed by atoms with E-state index in [2.05, 4.69) is 81.7 Å². The summed E-state index contributed by atoms with van der Waals surface area (Å²) in [6, 6.07) is 58.8. The zero-order chi connectivity index (χ0) is 104. The number of hydrogen-bond donors (Lipinski definition) is 19. The predicted molar refractivity (Wildman–Crippen MR) is 548 cm³/mol. The van der Waals surface area contributed by atoms with Crippen LogP contribution in [0.1, 0.15) is 106 Å². The van der Waals surface area contributed by atoms with E-state index >= 15 is 0 Å². The summed E-state index contributed by atoms with van der Waals surface area (Å²) in [4.78, 5) is 164. The Hall–Kier alpha value is -14.6. The Bertz CT molecular complexity index is 6990. The molecule has 2 aliphatic heterocycles. The Morgan fingerprint density at radius 2 is 0.607 bits per heavy atom. The largest absolute Gasteiger partial charge is 0.388 e. The van der Waals surface area contributed by atoms with E-state index in [1.54, 1.807) is 98.2 Å². The number of likely N-dealkylation sites (N-methyl/N-ethyl adjacent to an activating group) is 1. The Balaban J connectivity index is 0.000000152. The fourth-order valence-electron chi connectivity index (χ4n) is 16.2. The smallest absolute Gasteiger partial charge is 0.268 e. The van der Waals surface area contributed by atoms with Crippen LogP contribution in [0.3, 0.4) is 0 Å². The fraction of sp³-hybridized carbons (Fsp3) is 0.272. The number of rotatable bonds is 32. The number of nitrogens with two attached hydrogens (primary N) is 1. The number of pyridine rings is 5. The molecule has 2 saturated heterocycles. The van der Waals surface area contributed by atoms with E-state index in [-0.39, 0.29) is 43.2 Å². The third-order valence-electron chi connectivity index (χ3n) is 23.9. The molecule has 10 aromatic heterocycles. The van der Waals surface area contributed by atoms with Crippen molar-refractivity contribution in [2.45, 2.75) is 131 Å². The van der Waals surface area contributed by atoms with E-state index in [0.717, 1.165) is 68.6 Å². The highest BCUT2D eigenvalue weighted by Gasteiger charge is 2.40. The molecule has 12 heterocycles. The number of primary amides is 1. The molecule has 15 aromatic rings. The van der Waals surface area contributed by atoms with Gasteiger partial charge in [-0.3, -0.25) is 47.9 Å². The predicted octanol–water partition coefficient (Wildman–Crippen LogP) is 8.88. The van der Waals surface area contributed by atoms with Gasteiger partial charge in [0, 0.05) is 73.8 Å². The van der Waals surface area contributed by atoms with Gasteiger partial charge in [0.2, 0.25) is 5.91 Å². The van der Waals surface area contributed by atoms with E-state index in [1.807, 2.05) is 159 Å². The van der Waals surface area contributed by atoms with Gasteiger partial charge in [0.05, 0.1) is 101 Å². The first-order chi connectivity index (χ1) is 69.6. The zero-order valence-electron chi connectivity index (χ0n) is 78.5. The number of fused-ring (bicyclic) bond motifs is 5. The molecule has 2 aliphatic rings. The van der Waals surface area contributed by atoms with Crippen LogP contribution in [0.2, 0.25) is 25.8 Å². The van der Waals surface area contributed by atoms with Crippen LogP contribution in [-0.2, 0) is 56.1 Å². The summed E-state index contributed by atoms with van der Waals surface area (Å²) in [5, 5.41) is 94.1. The molecular formula is C103H107Cl5N20O17. The van der Waals surface area contributed by atoms with Gasteiger partial charge in [0.25, 0.3) is 53.2 Å². The monoisotopic (exact) mass is 2070 g/mol. The van der Waals surface area contributed by atoms with Crippen LogP contribution in [0.4, 0.5) is 0 Å². The molecule has 20 N–H and O–H groups in total. The number of carbonyl (C=O) groups excluding carboxylic acids is 10. The number of amides is 10. The Labute approximate surface area is 855 Å². The topological polar surface area (TPSA) is 564 Å².